The second-order valence-corrected chi connectivity index (χ2v) is 7.41. The number of carbonyl (C=O) groups excluding carboxylic acids is 1. The summed E-state index contributed by atoms with van der Waals surface area (Å²) in [6, 6.07) is 2.31. The topological polar surface area (TPSA) is 84.9 Å². The van der Waals surface area contributed by atoms with Crippen LogP contribution in [0.3, 0.4) is 0 Å². The van der Waals surface area contributed by atoms with Crippen LogP contribution in [0.1, 0.15) is 18.4 Å². The lowest BCUT2D eigenvalue weighted by molar-refractivity contribution is -0.131. The van der Waals surface area contributed by atoms with Crippen LogP contribution in [-0.2, 0) is 21.2 Å². The van der Waals surface area contributed by atoms with Crippen molar-refractivity contribution < 1.29 is 22.7 Å². The standard InChI is InChI=1S/C15H20N2O5S/c1-21-12-8-10-7-11(15(18)17-5-3-4-6-17)16-23(19,20)14(10)9-13(12)22-2/h8-9,11,16H,3-7H2,1-2H3. The number of amides is 1. The molecule has 0 saturated carbocycles. The number of nitrogens with one attached hydrogen (secondary N) is 1. The Labute approximate surface area is 135 Å². The molecule has 1 N–H and O–H groups in total. The van der Waals surface area contributed by atoms with Gasteiger partial charge in [-0.25, -0.2) is 8.42 Å². The molecule has 2 heterocycles. The Morgan fingerprint density at radius 1 is 1.17 bits per heavy atom. The van der Waals surface area contributed by atoms with Gasteiger partial charge in [-0.2, -0.15) is 4.72 Å². The van der Waals surface area contributed by atoms with Crippen LogP contribution >= 0.6 is 0 Å². The summed E-state index contributed by atoms with van der Waals surface area (Å²) in [5, 5.41) is 0. The highest BCUT2D eigenvalue weighted by molar-refractivity contribution is 7.89. The van der Waals surface area contributed by atoms with Crippen molar-refractivity contribution >= 4 is 15.9 Å². The van der Waals surface area contributed by atoms with E-state index >= 15 is 0 Å². The van der Waals surface area contributed by atoms with Gasteiger partial charge in [-0.3, -0.25) is 4.79 Å². The van der Waals surface area contributed by atoms with Crippen molar-refractivity contribution in [2.24, 2.45) is 0 Å². The van der Waals surface area contributed by atoms with Gasteiger partial charge in [-0.05, 0) is 30.9 Å². The molecule has 2 aliphatic rings. The summed E-state index contributed by atoms with van der Waals surface area (Å²) in [6.07, 6.45) is 2.24. The zero-order valence-electron chi connectivity index (χ0n) is 13.2. The van der Waals surface area contributed by atoms with Gasteiger partial charge in [0.1, 0.15) is 6.04 Å². The SMILES string of the molecule is COc1cc2c(cc1OC)S(=O)(=O)NC(C(=O)N1CCCC1)C2. The molecule has 1 aromatic carbocycles. The molecule has 126 valence electrons. The Kier molecular flexibility index (Phi) is 4.20. The molecule has 1 amide bonds. The van der Waals surface area contributed by atoms with E-state index in [2.05, 4.69) is 4.72 Å². The van der Waals surface area contributed by atoms with Gasteiger partial charge in [0, 0.05) is 19.2 Å². The molecule has 1 aromatic rings. The Morgan fingerprint density at radius 2 is 1.78 bits per heavy atom. The first-order valence-electron chi connectivity index (χ1n) is 7.52. The van der Waals surface area contributed by atoms with Crippen molar-refractivity contribution in [1.82, 2.24) is 9.62 Å². The monoisotopic (exact) mass is 340 g/mol. The number of fused-ring (bicyclic) bond motifs is 1. The fourth-order valence-electron chi connectivity index (χ4n) is 3.12. The highest BCUT2D eigenvalue weighted by Gasteiger charge is 2.37. The highest BCUT2D eigenvalue weighted by Crippen LogP contribution is 2.35. The van der Waals surface area contributed by atoms with Crippen molar-refractivity contribution in [2.45, 2.75) is 30.2 Å². The Morgan fingerprint density at radius 3 is 2.39 bits per heavy atom. The molecule has 0 aromatic heterocycles. The van der Waals surface area contributed by atoms with E-state index in [1.165, 1.54) is 20.3 Å². The van der Waals surface area contributed by atoms with Crippen molar-refractivity contribution in [3.8, 4) is 11.5 Å². The van der Waals surface area contributed by atoms with Crippen LogP contribution in [0.5, 0.6) is 11.5 Å². The third-order valence-electron chi connectivity index (χ3n) is 4.29. The predicted octanol–water partition coefficient (Wildman–Crippen LogP) is 0.529. The third-order valence-corrected chi connectivity index (χ3v) is 5.85. The molecular weight excluding hydrogens is 320 g/mol. The molecule has 3 rings (SSSR count). The summed E-state index contributed by atoms with van der Waals surface area (Å²) in [5.41, 5.74) is 0.568. The molecule has 0 radical (unpaired) electrons. The second kappa shape index (κ2) is 6.01. The molecule has 7 nitrogen and oxygen atoms in total. The lowest BCUT2D eigenvalue weighted by Crippen LogP contribution is -2.51. The molecule has 23 heavy (non-hydrogen) atoms. The quantitative estimate of drug-likeness (QED) is 0.868. The fourth-order valence-corrected chi connectivity index (χ4v) is 4.56. The van der Waals surface area contributed by atoms with E-state index < -0.39 is 16.1 Å². The van der Waals surface area contributed by atoms with Crippen molar-refractivity contribution in [1.29, 1.82) is 0 Å². The van der Waals surface area contributed by atoms with Crippen LogP contribution < -0.4 is 14.2 Å². The Hall–Kier alpha value is -1.80. The highest BCUT2D eigenvalue weighted by atomic mass is 32.2. The third kappa shape index (κ3) is 2.88. The molecule has 2 aliphatic heterocycles. The van der Waals surface area contributed by atoms with E-state index in [0.29, 0.717) is 36.6 Å². The van der Waals surface area contributed by atoms with Crippen molar-refractivity contribution in [3.63, 3.8) is 0 Å². The van der Waals surface area contributed by atoms with Gasteiger partial charge in [0.15, 0.2) is 11.5 Å². The summed E-state index contributed by atoms with van der Waals surface area (Å²) < 4.78 is 37.9. The van der Waals surface area contributed by atoms with Crippen LogP contribution in [0.2, 0.25) is 0 Å². The smallest absolute Gasteiger partial charge is 0.241 e. The van der Waals surface area contributed by atoms with Crippen LogP contribution in [0, 0.1) is 0 Å². The fraction of sp³-hybridized carbons (Fsp3) is 0.533. The molecule has 1 atom stereocenters. The molecular formula is C15H20N2O5S. The van der Waals surface area contributed by atoms with E-state index in [4.69, 9.17) is 9.47 Å². The molecule has 1 unspecified atom stereocenters. The first-order chi connectivity index (χ1) is 11.0. The number of sulfonamides is 1. The van der Waals surface area contributed by atoms with Gasteiger partial charge in [0.25, 0.3) is 0 Å². The summed E-state index contributed by atoms with van der Waals surface area (Å²) in [7, 11) is -0.812. The number of hydrogen-bond donors (Lipinski definition) is 1. The molecule has 0 spiro atoms. The van der Waals surface area contributed by atoms with Crippen LogP contribution in [0.4, 0.5) is 0 Å². The molecule has 1 saturated heterocycles. The summed E-state index contributed by atoms with van der Waals surface area (Å²) in [6.45, 7) is 1.38. The van der Waals surface area contributed by atoms with Gasteiger partial charge in [-0.15, -0.1) is 0 Å². The normalized spacial score (nSPS) is 22.5. The maximum atomic E-state index is 12.5. The number of ether oxygens (including phenoxy) is 2. The predicted molar refractivity (Wildman–Crippen MR) is 83.2 cm³/mol. The van der Waals surface area contributed by atoms with Crippen molar-refractivity contribution in [3.05, 3.63) is 17.7 Å². The average molecular weight is 340 g/mol. The number of hydrogen-bond acceptors (Lipinski definition) is 5. The lowest BCUT2D eigenvalue weighted by Gasteiger charge is -2.29. The van der Waals surface area contributed by atoms with E-state index in [0.717, 1.165) is 12.8 Å². The average Bonchev–Trinajstić information content (AvgIpc) is 3.06. The van der Waals surface area contributed by atoms with Gasteiger partial charge in [-0.1, -0.05) is 0 Å². The minimum Gasteiger partial charge on any atom is -0.493 e. The van der Waals surface area contributed by atoms with Gasteiger partial charge in [0.2, 0.25) is 15.9 Å². The minimum absolute atomic E-state index is 0.139. The van der Waals surface area contributed by atoms with Crippen LogP contribution in [0.25, 0.3) is 0 Å². The molecule has 8 heteroatoms. The van der Waals surface area contributed by atoms with E-state index in [1.807, 2.05) is 0 Å². The molecule has 1 fully saturated rings. The van der Waals surface area contributed by atoms with E-state index in [-0.39, 0.29) is 10.8 Å². The number of likely N-dealkylation sites (tertiary alicyclic amines) is 1. The van der Waals surface area contributed by atoms with Crippen LogP contribution in [-0.4, -0.2) is 52.6 Å². The van der Waals surface area contributed by atoms with Gasteiger partial charge < -0.3 is 14.4 Å². The van der Waals surface area contributed by atoms with Gasteiger partial charge >= 0.3 is 0 Å². The largest absolute Gasteiger partial charge is 0.493 e. The second-order valence-electron chi connectivity index (χ2n) is 5.73. The van der Waals surface area contributed by atoms with E-state index in [9.17, 15) is 13.2 Å². The number of rotatable bonds is 3. The Balaban J connectivity index is 1.97. The number of methoxy groups -OCH3 is 2. The van der Waals surface area contributed by atoms with Gasteiger partial charge in [0.05, 0.1) is 19.1 Å². The van der Waals surface area contributed by atoms with Crippen LogP contribution in [0.15, 0.2) is 17.0 Å². The maximum absolute atomic E-state index is 12.5. The summed E-state index contributed by atoms with van der Waals surface area (Å²) in [5.74, 6) is 0.642. The number of benzene rings is 1. The first-order valence-corrected chi connectivity index (χ1v) is 9.00. The zero-order valence-corrected chi connectivity index (χ0v) is 14.0. The van der Waals surface area contributed by atoms with Crippen molar-refractivity contribution in [2.75, 3.05) is 27.3 Å². The molecule has 0 aliphatic carbocycles. The first kappa shape index (κ1) is 16.1. The minimum atomic E-state index is -3.76. The molecule has 0 bridgehead atoms. The van der Waals surface area contributed by atoms with E-state index in [1.54, 1.807) is 11.0 Å². The summed E-state index contributed by atoms with van der Waals surface area (Å²) in [4.78, 5) is 14.4. The zero-order chi connectivity index (χ0) is 16.6. The summed E-state index contributed by atoms with van der Waals surface area (Å²) >= 11 is 0. The maximum Gasteiger partial charge on any atom is 0.241 e. The number of carbonyl (C=O) groups is 1. The Bertz CT molecular complexity index is 726. The lowest BCUT2D eigenvalue weighted by atomic mass is 10.0. The number of nitrogens with zero attached hydrogens (tertiary/aromatic N) is 1.